The number of carbonyl (C=O) groups is 5. The van der Waals surface area contributed by atoms with E-state index in [1.54, 1.807) is 81.8 Å². The summed E-state index contributed by atoms with van der Waals surface area (Å²) in [7, 11) is 6.30. The minimum absolute atomic E-state index is 0.00484. The fraction of sp³-hybridized carbons (Fsp3) is 0.120. The number of hydrogen-bond donors (Lipinski definition) is 8. The van der Waals surface area contributed by atoms with Crippen LogP contribution < -0.4 is 21.3 Å². The number of aromatic nitrogens is 19. The molecule has 0 radical (unpaired) electrons. The predicted molar refractivity (Wildman–Crippen MR) is 419 cm³/mol. The normalized spacial score (nSPS) is 11.4. The highest BCUT2D eigenvalue weighted by atomic mass is 79.9. The molecular formula is C75H53Br2Cl2F10N23O5. The predicted octanol–water partition coefficient (Wildman–Crippen LogP) is 18.1. The zero-order valence-electron chi connectivity index (χ0n) is 60.4. The average Bonchev–Trinajstić information content (AvgIpc) is 1.64. The summed E-state index contributed by atoms with van der Waals surface area (Å²) in [5.41, 5.74) is 2.26. The highest BCUT2D eigenvalue weighted by Gasteiger charge is 2.34. The summed E-state index contributed by atoms with van der Waals surface area (Å²) in [6.45, 7) is 1.35. The number of carbonyl (C=O) groups excluding carboxylic acids is 5. The number of hydrogen-bond acceptors (Lipinski definition) is 16. The van der Waals surface area contributed by atoms with Gasteiger partial charge in [0.1, 0.15) is 82.0 Å². The topological polar surface area (TPSA) is 358 Å². The van der Waals surface area contributed by atoms with E-state index in [9.17, 15) is 67.9 Å². The number of rotatable bonds is 16. The number of amides is 4. The maximum atomic E-state index is 13.7. The van der Waals surface area contributed by atoms with Gasteiger partial charge in [0.15, 0.2) is 5.78 Å². The van der Waals surface area contributed by atoms with Crippen LogP contribution in [0.3, 0.4) is 0 Å². The Kier molecular flexibility index (Phi) is 23.7. The van der Waals surface area contributed by atoms with Gasteiger partial charge < -0.3 is 41.2 Å². The second kappa shape index (κ2) is 34.0. The summed E-state index contributed by atoms with van der Waals surface area (Å²) in [6, 6.07) is 34.5. The van der Waals surface area contributed by atoms with Gasteiger partial charge in [-0.1, -0.05) is 71.7 Å². The van der Waals surface area contributed by atoms with Gasteiger partial charge in [-0.2, -0.15) is 33.6 Å². The average molecular weight is 1780 g/mol. The Morgan fingerprint density at radius 3 is 1.37 bits per heavy atom. The molecule has 0 bridgehead atoms. The number of nitrogens with zero attached hydrogens (tertiary/aromatic N) is 15. The van der Waals surface area contributed by atoms with Gasteiger partial charge in [-0.25, -0.2) is 79.7 Å². The van der Waals surface area contributed by atoms with Crippen molar-refractivity contribution in [3.05, 3.63) is 240 Å². The lowest BCUT2D eigenvalue weighted by atomic mass is 10.0. The minimum atomic E-state index is -4.50. The summed E-state index contributed by atoms with van der Waals surface area (Å²) < 4.78 is 140. The molecule has 0 spiro atoms. The van der Waals surface area contributed by atoms with Crippen LogP contribution in [0.15, 0.2) is 174 Å². The van der Waals surface area contributed by atoms with E-state index < -0.39 is 60.5 Å². The fourth-order valence-corrected chi connectivity index (χ4v) is 13.6. The highest BCUT2D eigenvalue weighted by Crippen LogP contribution is 2.44. The third kappa shape index (κ3) is 17.7. The number of fused-ring (bicyclic) bond motifs is 4. The molecule has 8 N–H and O–H groups in total. The van der Waals surface area contributed by atoms with E-state index in [4.69, 9.17) is 23.2 Å². The first-order valence-corrected chi connectivity index (χ1v) is 36.2. The Hall–Kier alpha value is -13.3. The molecule has 12 heterocycles. The van der Waals surface area contributed by atoms with Crippen LogP contribution in [0.1, 0.15) is 101 Å². The fourth-order valence-electron chi connectivity index (χ4n) is 11.9. The van der Waals surface area contributed by atoms with Crippen molar-refractivity contribution in [2.75, 3.05) is 21.3 Å². The van der Waals surface area contributed by atoms with Gasteiger partial charge in [-0.05, 0) is 123 Å². The van der Waals surface area contributed by atoms with E-state index in [1.165, 1.54) is 112 Å². The minimum Gasteiger partial charge on any atom is -0.339 e. The first-order chi connectivity index (χ1) is 55.8. The maximum Gasteiger partial charge on any atom is 0.417 e. The zero-order valence-corrected chi connectivity index (χ0v) is 65.0. The van der Waals surface area contributed by atoms with Gasteiger partial charge in [0.2, 0.25) is 17.5 Å². The smallest absolute Gasteiger partial charge is 0.339 e. The number of pyridine rings is 4. The first-order valence-electron chi connectivity index (χ1n) is 33.9. The molecule has 12 aromatic heterocycles. The third-order valence-electron chi connectivity index (χ3n) is 17.5. The molecule has 0 aliphatic heterocycles. The van der Waals surface area contributed by atoms with Crippen LogP contribution in [0.5, 0.6) is 0 Å². The molecule has 596 valence electrons. The lowest BCUT2D eigenvalue weighted by molar-refractivity contribution is -0.137. The number of nitrogens with one attached hydrogen (secondary N) is 8. The van der Waals surface area contributed by atoms with E-state index in [1.807, 2.05) is 0 Å². The number of Topliss-reactive ketones (excluding diaryl/α,β-unsaturated/α-hetero) is 1. The Bertz CT molecular complexity index is 6340. The van der Waals surface area contributed by atoms with Gasteiger partial charge in [0.25, 0.3) is 42.9 Å². The van der Waals surface area contributed by atoms with Crippen molar-refractivity contribution in [1.29, 1.82) is 0 Å². The maximum absolute atomic E-state index is 13.7. The molecular weight excluding hydrogens is 1720 g/mol. The van der Waals surface area contributed by atoms with Crippen LogP contribution in [-0.2, 0) is 34.4 Å². The number of anilines is 4. The number of benzene rings is 4. The number of ketones is 1. The largest absolute Gasteiger partial charge is 0.417 e. The Balaban J connectivity index is 0.000000136. The molecule has 0 atom stereocenters. The van der Waals surface area contributed by atoms with E-state index in [2.05, 4.69) is 128 Å². The number of H-pyrrole nitrogens is 4. The van der Waals surface area contributed by atoms with E-state index in [0.717, 1.165) is 24.3 Å². The second-order valence-corrected chi connectivity index (χ2v) is 27.5. The zero-order chi connectivity index (χ0) is 83.6. The van der Waals surface area contributed by atoms with Crippen molar-refractivity contribution in [1.82, 2.24) is 93.9 Å². The van der Waals surface area contributed by atoms with Crippen molar-refractivity contribution < 1.29 is 67.9 Å². The summed E-state index contributed by atoms with van der Waals surface area (Å²) in [5.74, 6) is -1.64. The van der Waals surface area contributed by atoms with Crippen LogP contribution in [0.4, 0.5) is 67.2 Å². The second-order valence-electron chi connectivity index (χ2n) is 25.1. The monoisotopic (exact) mass is 1770 g/mol. The molecule has 42 heteroatoms. The molecule has 4 amide bonds. The van der Waals surface area contributed by atoms with Crippen molar-refractivity contribution in [3.8, 4) is 45.0 Å². The molecule has 28 nitrogen and oxygen atoms in total. The van der Waals surface area contributed by atoms with E-state index in [0.29, 0.717) is 75.2 Å². The lowest BCUT2D eigenvalue weighted by Gasteiger charge is -2.11. The van der Waals surface area contributed by atoms with Crippen molar-refractivity contribution in [3.63, 3.8) is 0 Å². The van der Waals surface area contributed by atoms with Gasteiger partial charge in [0.05, 0.1) is 36.6 Å². The van der Waals surface area contributed by atoms with Gasteiger partial charge in [-0.3, -0.25) is 28.7 Å². The number of halogens is 14. The van der Waals surface area contributed by atoms with Crippen LogP contribution in [0.2, 0.25) is 10.0 Å². The quantitative estimate of drug-likeness (QED) is 0.0329. The van der Waals surface area contributed by atoms with Crippen LogP contribution in [-0.4, -0.2) is 123 Å². The van der Waals surface area contributed by atoms with Crippen molar-refractivity contribution >= 4 is 152 Å². The van der Waals surface area contributed by atoms with Crippen LogP contribution >= 0.6 is 55.1 Å². The first kappa shape index (κ1) is 81.7. The number of aromatic amines is 4. The lowest BCUT2D eigenvalue weighted by Crippen LogP contribution is -2.18. The summed E-state index contributed by atoms with van der Waals surface area (Å²) in [4.78, 5) is 101. The van der Waals surface area contributed by atoms with E-state index >= 15 is 0 Å². The third-order valence-corrected chi connectivity index (χ3v) is 19.7. The number of alkyl halides is 9. The standard InChI is InChI=1S/C21H16F3N5O2.C18H12BrClF2N6O.C18H13BrF2N6O.C18H12ClF3N6O/c1-11(30)15-10-17(29(2)28-15)20(31)27-18-8-7-12-9-16(25-19(12)26-18)13-5-3-4-6-14(13)21(22,23)24;1-28-17(23-7-24-28)18(29)26-12-5-4-10-13(19)14(27-16(10)25-12)11-6-8(20)2-3-9(11)15(21)22;1-27-17(22-8-23-27)18(28)25-12-7-6-11-13(19)14(26-16(11)24-12)9-4-2-3-5-10(9)15(20)21;1-28-17(23-7-24-28)18(29)26-12-5-4-10-13(19)14(27-16(10)25-12)11-6-8(20)2-3-9(11)15(21)22/h3-10H,1-2H3,(H2,25,26,27,31);2-7,15H,1H3,(H2,25,26,27,29);2-8,15H,1H3,(H2,24,25,26,28);2-7,15H,1H3,(H2,25,26,27,29). The molecule has 0 fully saturated rings. The summed E-state index contributed by atoms with van der Waals surface area (Å²) >= 11 is 19.3. The molecule has 0 saturated carbocycles. The Morgan fingerprint density at radius 2 is 0.880 bits per heavy atom. The summed E-state index contributed by atoms with van der Waals surface area (Å²) in [6.07, 6.45) is -8.81. The van der Waals surface area contributed by atoms with Crippen LogP contribution in [0, 0.1) is 5.82 Å². The SMILES string of the molecule is CC(=O)c1cc(C(=O)Nc2ccc3cc(-c4ccccc4C(F)(F)F)[nH]c3n2)n(C)n1.Cn1ncnc1C(=O)Nc1ccc2c(Br)c(-c3cc(Cl)ccc3C(F)F)[nH]c2n1.Cn1ncnc1C(=O)Nc1ccc2c(Br)c(-c3ccccc3C(F)F)[nH]c2n1.Cn1ncnc1C(=O)Nc1ccc2c(Cl)c(-c3cc(F)ccc3C(F)F)[nH]c2n1. The highest BCUT2D eigenvalue weighted by molar-refractivity contribution is 9.11. The molecule has 0 aliphatic rings. The number of aryl methyl sites for hydroxylation is 4. The molecule has 16 rings (SSSR count). The molecule has 0 aliphatic carbocycles. The Labute approximate surface area is 677 Å². The van der Waals surface area contributed by atoms with Crippen LogP contribution in [0.25, 0.3) is 89.2 Å². The van der Waals surface area contributed by atoms with E-state index in [-0.39, 0.29) is 108 Å². The molecule has 0 unspecified atom stereocenters. The van der Waals surface area contributed by atoms with Crippen molar-refractivity contribution in [2.45, 2.75) is 32.4 Å². The molecule has 0 saturated heterocycles. The Morgan fingerprint density at radius 1 is 0.453 bits per heavy atom. The van der Waals surface area contributed by atoms with Gasteiger partial charge in [0, 0.05) is 112 Å². The van der Waals surface area contributed by atoms with Gasteiger partial charge >= 0.3 is 6.18 Å². The van der Waals surface area contributed by atoms with Crippen molar-refractivity contribution in [2.24, 2.45) is 28.2 Å². The molecule has 117 heavy (non-hydrogen) atoms. The summed E-state index contributed by atoms with van der Waals surface area (Å²) in [5, 5.41) is 28.8. The molecule has 16 aromatic rings. The molecule has 4 aromatic carbocycles. The van der Waals surface area contributed by atoms with Gasteiger partial charge in [-0.15, -0.1) is 0 Å².